The number of nitrogens with zero attached hydrogens (tertiary/aromatic N) is 1. The van der Waals surface area contributed by atoms with Gasteiger partial charge in [0, 0.05) is 25.7 Å². The fourth-order valence-corrected chi connectivity index (χ4v) is 2.32. The summed E-state index contributed by atoms with van der Waals surface area (Å²) in [6.07, 6.45) is 3.38. The number of nitrogens with one attached hydrogen (secondary N) is 1. The van der Waals surface area contributed by atoms with E-state index in [9.17, 15) is 4.39 Å². The van der Waals surface area contributed by atoms with E-state index in [0.717, 1.165) is 18.5 Å². The first kappa shape index (κ1) is 14.3. The Balaban J connectivity index is 2.17. The van der Waals surface area contributed by atoms with E-state index in [1.54, 1.807) is 6.07 Å². The van der Waals surface area contributed by atoms with Gasteiger partial charge in [-0.25, -0.2) is 4.39 Å². The van der Waals surface area contributed by atoms with E-state index in [1.165, 1.54) is 18.9 Å². The van der Waals surface area contributed by atoms with Crippen molar-refractivity contribution in [1.29, 1.82) is 0 Å². The van der Waals surface area contributed by atoms with Crippen molar-refractivity contribution in [2.24, 2.45) is 0 Å². The zero-order valence-electron chi connectivity index (χ0n) is 11.5. The average molecular weight is 266 g/mol. The topological polar surface area (TPSA) is 35.5 Å². The highest BCUT2D eigenvalue weighted by molar-refractivity contribution is 5.55. The number of anilines is 1. The minimum Gasteiger partial charge on any atom is -0.395 e. The molecule has 0 aromatic heterocycles. The molecule has 19 heavy (non-hydrogen) atoms. The van der Waals surface area contributed by atoms with E-state index in [4.69, 9.17) is 5.11 Å². The average Bonchev–Trinajstić information content (AvgIpc) is 3.20. The van der Waals surface area contributed by atoms with Crippen molar-refractivity contribution >= 4 is 5.69 Å². The number of para-hydroxylation sites is 1. The molecule has 106 valence electrons. The molecule has 2 N–H and O–H groups in total. The molecule has 0 aliphatic heterocycles. The van der Waals surface area contributed by atoms with Crippen LogP contribution in [-0.4, -0.2) is 30.8 Å². The molecule has 1 aliphatic carbocycles. The summed E-state index contributed by atoms with van der Waals surface area (Å²) in [5.41, 5.74) is 1.63. The zero-order valence-corrected chi connectivity index (χ0v) is 11.5. The molecule has 0 radical (unpaired) electrons. The number of halogens is 1. The molecule has 1 fully saturated rings. The van der Waals surface area contributed by atoms with Crippen molar-refractivity contribution < 1.29 is 9.50 Å². The molecule has 1 aromatic carbocycles. The maximum absolute atomic E-state index is 14.1. The van der Waals surface area contributed by atoms with Crippen molar-refractivity contribution in [3.05, 3.63) is 29.6 Å². The quantitative estimate of drug-likeness (QED) is 0.758. The lowest BCUT2D eigenvalue weighted by molar-refractivity contribution is 0.301. The lowest BCUT2D eigenvalue weighted by Crippen LogP contribution is -2.30. The van der Waals surface area contributed by atoms with Gasteiger partial charge in [-0.05, 0) is 30.9 Å². The Bertz CT molecular complexity index is 401. The van der Waals surface area contributed by atoms with Crippen molar-refractivity contribution in [2.45, 2.75) is 38.8 Å². The van der Waals surface area contributed by atoms with E-state index in [-0.39, 0.29) is 12.4 Å². The Morgan fingerprint density at radius 1 is 1.37 bits per heavy atom. The Morgan fingerprint density at radius 3 is 2.79 bits per heavy atom. The molecule has 0 unspecified atom stereocenters. The van der Waals surface area contributed by atoms with Crippen LogP contribution in [-0.2, 0) is 6.54 Å². The van der Waals surface area contributed by atoms with Gasteiger partial charge in [-0.2, -0.15) is 0 Å². The highest BCUT2D eigenvalue weighted by atomic mass is 19.1. The lowest BCUT2D eigenvalue weighted by atomic mass is 10.1. The summed E-state index contributed by atoms with van der Waals surface area (Å²) >= 11 is 0. The van der Waals surface area contributed by atoms with E-state index in [1.807, 2.05) is 11.0 Å². The van der Waals surface area contributed by atoms with Gasteiger partial charge in [-0.1, -0.05) is 19.1 Å². The smallest absolute Gasteiger partial charge is 0.146 e. The molecular weight excluding hydrogens is 243 g/mol. The van der Waals surface area contributed by atoms with Crippen molar-refractivity contribution in [2.75, 3.05) is 24.6 Å². The van der Waals surface area contributed by atoms with Gasteiger partial charge < -0.3 is 15.3 Å². The van der Waals surface area contributed by atoms with Crippen LogP contribution < -0.4 is 10.2 Å². The van der Waals surface area contributed by atoms with Crippen LogP contribution in [0.5, 0.6) is 0 Å². The molecule has 0 atom stereocenters. The monoisotopic (exact) mass is 266 g/mol. The molecule has 0 saturated heterocycles. The van der Waals surface area contributed by atoms with Gasteiger partial charge in [-0.15, -0.1) is 0 Å². The molecule has 2 rings (SSSR count). The van der Waals surface area contributed by atoms with Crippen LogP contribution in [0.4, 0.5) is 10.1 Å². The third-order valence-corrected chi connectivity index (χ3v) is 3.41. The summed E-state index contributed by atoms with van der Waals surface area (Å²) in [7, 11) is 0. The second-order valence-corrected chi connectivity index (χ2v) is 5.11. The van der Waals surface area contributed by atoms with Crippen LogP contribution in [0.3, 0.4) is 0 Å². The predicted molar refractivity (Wildman–Crippen MR) is 75.9 cm³/mol. The van der Waals surface area contributed by atoms with Crippen LogP contribution in [0, 0.1) is 5.82 Å². The van der Waals surface area contributed by atoms with Gasteiger partial charge in [0.2, 0.25) is 0 Å². The molecule has 0 amide bonds. The molecule has 0 spiro atoms. The minimum absolute atomic E-state index is 0.0455. The van der Waals surface area contributed by atoms with Gasteiger partial charge in [-0.3, -0.25) is 0 Å². The minimum atomic E-state index is -0.197. The van der Waals surface area contributed by atoms with Crippen molar-refractivity contribution in [3.8, 4) is 0 Å². The highest BCUT2D eigenvalue weighted by Crippen LogP contribution is 2.26. The summed E-state index contributed by atoms with van der Waals surface area (Å²) in [6, 6.07) is 5.82. The number of aliphatic hydroxyl groups is 1. The number of hydrogen-bond acceptors (Lipinski definition) is 3. The van der Waals surface area contributed by atoms with Crippen LogP contribution >= 0.6 is 0 Å². The van der Waals surface area contributed by atoms with Crippen LogP contribution in [0.1, 0.15) is 31.7 Å². The van der Waals surface area contributed by atoms with E-state index < -0.39 is 0 Å². The summed E-state index contributed by atoms with van der Waals surface area (Å²) < 4.78 is 14.1. The number of benzene rings is 1. The summed E-state index contributed by atoms with van der Waals surface area (Å²) in [5.74, 6) is -0.197. The zero-order chi connectivity index (χ0) is 13.7. The maximum Gasteiger partial charge on any atom is 0.146 e. The Morgan fingerprint density at radius 2 is 2.16 bits per heavy atom. The highest BCUT2D eigenvalue weighted by Gasteiger charge is 2.22. The molecule has 3 nitrogen and oxygen atoms in total. The Kier molecular flexibility index (Phi) is 5.16. The fraction of sp³-hybridized carbons (Fsp3) is 0.600. The SMILES string of the molecule is CCCN(CCO)c1c(F)cccc1CNC1CC1. The summed E-state index contributed by atoms with van der Waals surface area (Å²) in [5, 5.41) is 12.6. The molecule has 0 heterocycles. The normalized spacial score (nSPS) is 14.7. The lowest BCUT2D eigenvalue weighted by Gasteiger charge is -2.26. The molecule has 4 heteroatoms. The van der Waals surface area contributed by atoms with Crippen molar-refractivity contribution in [3.63, 3.8) is 0 Å². The third-order valence-electron chi connectivity index (χ3n) is 3.41. The largest absolute Gasteiger partial charge is 0.395 e. The van der Waals surface area contributed by atoms with Gasteiger partial charge in [0.15, 0.2) is 0 Å². The van der Waals surface area contributed by atoms with Crippen molar-refractivity contribution in [1.82, 2.24) is 5.32 Å². The van der Waals surface area contributed by atoms with Gasteiger partial charge in [0.05, 0.1) is 12.3 Å². The third kappa shape index (κ3) is 3.91. The van der Waals surface area contributed by atoms with Gasteiger partial charge in [0.25, 0.3) is 0 Å². The Labute approximate surface area is 114 Å². The van der Waals surface area contributed by atoms with Crippen LogP contribution in [0.25, 0.3) is 0 Å². The first-order chi connectivity index (χ1) is 9.26. The second-order valence-electron chi connectivity index (χ2n) is 5.11. The van der Waals surface area contributed by atoms with E-state index in [0.29, 0.717) is 24.8 Å². The predicted octanol–water partition coefficient (Wildman–Crippen LogP) is 2.29. The molecule has 1 aromatic rings. The number of rotatable bonds is 8. The van der Waals surface area contributed by atoms with Gasteiger partial charge >= 0.3 is 0 Å². The molecule has 0 bridgehead atoms. The van der Waals surface area contributed by atoms with E-state index in [2.05, 4.69) is 12.2 Å². The fourth-order valence-electron chi connectivity index (χ4n) is 2.32. The Hall–Kier alpha value is -1.13. The molecule has 1 aliphatic rings. The molecular formula is C15H23FN2O. The van der Waals surface area contributed by atoms with Crippen LogP contribution in [0.15, 0.2) is 18.2 Å². The number of hydrogen-bond donors (Lipinski definition) is 2. The van der Waals surface area contributed by atoms with E-state index >= 15 is 0 Å². The standard InChI is InChI=1S/C15H23FN2O/c1-2-8-18(9-10-19)15-12(4-3-5-14(15)16)11-17-13-6-7-13/h3-5,13,17,19H,2,6-11H2,1H3. The van der Waals surface area contributed by atoms with Crippen LogP contribution in [0.2, 0.25) is 0 Å². The summed E-state index contributed by atoms with van der Waals surface area (Å²) in [4.78, 5) is 1.94. The first-order valence-corrected chi connectivity index (χ1v) is 7.12. The second kappa shape index (κ2) is 6.87. The molecule has 1 saturated carbocycles. The number of aliphatic hydroxyl groups excluding tert-OH is 1. The van der Waals surface area contributed by atoms with Gasteiger partial charge in [0.1, 0.15) is 5.82 Å². The summed E-state index contributed by atoms with van der Waals surface area (Å²) in [6.45, 7) is 4.05. The first-order valence-electron chi connectivity index (χ1n) is 7.12. The maximum atomic E-state index is 14.1.